The highest BCUT2D eigenvalue weighted by molar-refractivity contribution is 6.22. The number of hydrogen-bond acceptors (Lipinski definition) is 3. The van der Waals surface area contributed by atoms with Gasteiger partial charge in [0.05, 0.1) is 11.8 Å². The number of rotatable bonds is 1. The highest BCUT2D eigenvalue weighted by Crippen LogP contribution is 2.26. The van der Waals surface area contributed by atoms with Crippen molar-refractivity contribution >= 4 is 17.6 Å². The van der Waals surface area contributed by atoms with Crippen LogP contribution in [0.5, 0.6) is 0 Å². The van der Waals surface area contributed by atoms with E-state index < -0.39 is 11.9 Å². The lowest BCUT2D eigenvalue weighted by molar-refractivity contribution is -0.113. The zero-order valence-corrected chi connectivity index (χ0v) is 11.3. The molecule has 0 bridgehead atoms. The van der Waals surface area contributed by atoms with E-state index in [1.807, 2.05) is 32.0 Å². The van der Waals surface area contributed by atoms with E-state index in [1.165, 1.54) is 9.80 Å². The van der Waals surface area contributed by atoms with Crippen LogP contribution in [-0.2, 0) is 4.79 Å². The molecule has 0 radical (unpaired) electrons. The predicted octanol–water partition coefficient (Wildman–Crippen LogP) is 2.65. The molecule has 0 atom stereocenters. The monoisotopic (exact) mass is 271 g/mol. The number of aryl methyl sites for hydroxylation is 2. The molecule has 0 saturated carbocycles. The molecule has 2 aliphatic heterocycles. The Morgan fingerprint density at radius 3 is 2.80 bits per heavy atom. The molecular formula is C15H14FN3O. The Labute approximate surface area is 116 Å². The van der Waals surface area contributed by atoms with Gasteiger partial charge in [-0.3, -0.25) is 9.69 Å². The molecule has 0 unspecified atom stereocenters. The summed E-state index contributed by atoms with van der Waals surface area (Å²) < 4.78 is 13.8. The van der Waals surface area contributed by atoms with E-state index in [4.69, 9.17) is 0 Å². The third kappa shape index (κ3) is 1.91. The third-order valence-electron chi connectivity index (χ3n) is 3.49. The average Bonchev–Trinajstić information content (AvgIpc) is 2.43. The first-order valence-corrected chi connectivity index (χ1v) is 6.37. The Kier molecular flexibility index (Phi) is 2.89. The Hall–Kier alpha value is -2.43. The minimum Gasteiger partial charge on any atom is -0.284 e. The lowest BCUT2D eigenvalue weighted by atomic mass is 10.1. The summed E-state index contributed by atoms with van der Waals surface area (Å²) in [5.41, 5.74) is 2.91. The van der Waals surface area contributed by atoms with Crippen LogP contribution in [0.2, 0.25) is 0 Å². The fourth-order valence-corrected chi connectivity index (χ4v) is 2.23. The van der Waals surface area contributed by atoms with Gasteiger partial charge in [0.2, 0.25) is 11.9 Å². The molecule has 2 heterocycles. The number of benzene rings is 1. The van der Waals surface area contributed by atoms with Crippen LogP contribution in [0.4, 0.5) is 10.1 Å². The van der Waals surface area contributed by atoms with Crippen molar-refractivity contribution in [1.82, 2.24) is 4.90 Å². The van der Waals surface area contributed by atoms with Gasteiger partial charge in [0.1, 0.15) is 0 Å². The number of carbonyl (C=O) groups is 1. The Bertz CT molecular complexity index is 676. The van der Waals surface area contributed by atoms with Gasteiger partial charge in [-0.05, 0) is 43.2 Å². The van der Waals surface area contributed by atoms with E-state index in [1.54, 1.807) is 12.3 Å². The first kappa shape index (κ1) is 12.6. The van der Waals surface area contributed by atoms with Crippen molar-refractivity contribution in [3.63, 3.8) is 0 Å². The largest absolute Gasteiger partial charge is 0.284 e. The summed E-state index contributed by atoms with van der Waals surface area (Å²) in [5.74, 6) is -0.685. The predicted molar refractivity (Wildman–Crippen MR) is 75.9 cm³/mol. The third-order valence-corrected chi connectivity index (χ3v) is 3.49. The standard InChI is InChI=1S/C15H14FN3O/c1-10-4-5-12(8-11(10)2)19-14(20)9-13(16)18-7-3-6-17-15(18)19/h3-6,8-9H,7H2,1-2H3. The molecule has 1 aromatic carbocycles. The lowest BCUT2D eigenvalue weighted by Crippen LogP contribution is -2.50. The van der Waals surface area contributed by atoms with Crippen molar-refractivity contribution in [1.29, 1.82) is 0 Å². The molecule has 1 aromatic rings. The maximum Gasteiger partial charge on any atom is 0.262 e. The number of fused-ring (bicyclic) bond motifs is 1. The topological polar surface area (TPSA) is 35.9 Å². The number of amides is 1. The molecule has 0 aromatic heterocycles. The van der Waals surface area contributed by atoms with Gasteiger partial charge in [0, 0.05) is 12.7 Å². The smallest absolute Gasteiger partial charge is 0.262 e. The van der Waals surface area contributed by atoms with E-state index >= 15 is 0 Å². The van der Waals surface area contributed by atoms with Crippen LogP contribution in [0.3, 0.4) is 0 Å². The molecule has 3 rings (SSSR count). The molecule has 0 spiro atoms. The van der Waals surface area contributed by atoms with Crippen LogP contribution in [0, 0.1) is 13.8 Å². The molecule has 102 valence electrons. The summed E-state index contributed by atoms with van der Waals surface area (Å²) in [6.07, 6.45) is 4.32. The van der Waals surface area contributed by atoms with Crippen LogP contribution in [0.15, 0.2) is 47.5 Å². The van der Waals surface area contributed by atoms with E-state index in [-0.39, 0.29) is 0 Å². The van der Waals surface area contributed by atoms with E-state index in [0.29, 0.717) is 18.2 Å². The molecule has 2 aliphatic rings. The van der Waals surface area contributed by atoms with Crippen molar-refractivity contribution in [3.8, 4) is 0 Å². The van der Waals surface area contributed by atoms with Crippen molar-refractivity contribution < 1.29 is 9.18 Å². The quantitative estimate of drug-likeness (QED) is 0.736. The fourth-order valence-electron chi connectivity index (χ4n) is 2.23. The van der Waals surface area contributed by atoms with Crippen LogP contribution in [-0.4, -0.2) is 23.3 Å². The van der Waals surface area contributed by atoms with E-state index in [2.05, 4.69) is 4.99 Å². The number of guanidine groups is 1. The Morgan fingerprint density at radius 2 is 2.05 bits per heavy atom. The molecular weight excluding hydrogens is 257 g/mol. The number of hydrogen-bond donors (Lipinski definition) is 0. The summed E-state index contributed by atoms with van der Waals surface area (Å²) in [5, 5.41) is 0. The minimum absolute atomic E-state index is 0.306. The molecule has 1 amide bonds. The highest BCUT2D eigenvalue weighted by atomic mass is 19.1. The van der Waals surface area contributed by atoms with Gasteiger partial charge >= 0.3 is 0 Å². The van der Waals surface area contributed by atoms with Crippen molar-refractivity contribution in [2.75, 3.05) is 11.4 Å². The number of anilines is 1. The maximum atomic E-state index is 13.8. The summed E-state index contributed by atoms with van der Waals surface area (Å²) in [6, 6.07) is 5.69. The second-order valence-electron chi connectivity index (χ2n) is 4.83. The summed E-state index contributed by atoms with van der Waals surface area (Å²) in [7, 11) is 0. The maximum absolute atomic E-state index is 13.8. The normalized spacial score (nSPS) is 17.9. The average molecular weight is 271 g/mol. The van der Waals surface area contributed by atoms with E-state index in [0.717, 1.165) is 17.2 Å². The second-order valence-corrected chi connectivity index (χ2v) is 4.83. The molecule has 0 saturated heterocycles. The first-order chi connectivity index (χ1) is 9.58. The van der Waals surface area contributed by atoms with Crippen molar-refractivity contribution in [2.45, 2.75) is 13.8 Å². The number of carbonyl (C=O) groups excluding carboxylic acids is 1. The lowest BCUT2D eigenvalue weighted by Gasteiger charge is -2.35. The van der Waals surface area contributed by atoms with E-state index in [9.17, 15) is 9.18 Å². The minimum atomic E-state index is -0.571. The molecule has 5 heteroatoms. The van der Waals surface area contributed by atoms with Gasteiger partial charge in [0.15, 0.2) is 0 Å². The van der Waals surface area contributed by atoms with Crippen LogP contribution in [0.1, 0.15) is 11.1 Å². The van der Waals surface area contributed by atoms with Gasteiger partial charge < -0.3 is 0 Å². The molecule has 4 nitrogen and oxygen atoms in total. The van der Waals surface area contributed by atoms with Crippen molar-refractivity contribution in [3.05, 3.63) is 53.6 Å². The van der Waals surface area contributed by atoms with Gasteiger partial charge in [-0.15, -0.1) is 0 Å². The molecule has 0 aliphatic carbocycles. The molecule has 0 fully saturated rings. The van der Waals surface area contributed by atoms with Crippen molar-refractivity contribution in [2.24, 2.45) is 4.99 Å². The SMILES string of the molecule is Cc1ccc(N2C(=O)C=C(F)N3CC=CN=C32)cc1C. The zero-order valence-electron chi connectivity index (χ0n) is 11.3. The fraction of sp³-hybridized carbons (Fsp3) is 0.200. The number of aliphatic imine (C=N–C) groups is 1. The highest BCUT2D eigenvalue weighted by Gasteiger charge is 2.33. The second kappa shape index (κ2) is 4.59. The summed E-state index contributed by atoms with van der Waals surface area (Å²) in [6.45, 7) is 4.35. The van der Waals surface area contributed by atoms with Crippen LogP contribution >= 0.6 is 0 Å². The molecule has 0 N–H and O–H groups in total. The number of halogens is 1. The van der Waals surface area contributed by atoms with Gasteiger partial charge in [-0.25, -0.2) is 9.89 Å². The van der Waals surface area contributed by atoms with Crippen LogP contribution in [0.25, 0.3) is 0 Å². The summed E-state index contributed by atoms with van der Waals surface area (Å²) >= 11 is 0. The van der Waals surface area contributed by atoms with Crippen LogP contribution < -0.4 is 4.90 Å². The number of nitrogens with zero attached hydrogens (tertiary/aromatic N) is 3. The van der Waals surface area contributed by atoms with Gasteiger partial charge in [-0.2, -0.15) is 4.39 Å². The first-order valence-electron chi connectivity index (χ1n) is 6.37. The molecule has 20 heavy (non-hydrogen) atoms. The van der Waals surface area contributed by atoms with Gasteiger partial charge in [-0.1, -0.05) is 6.07 Å². The summed E-state index contributed by atoms with van der Waals surface area (Å²) in [4.78, 5) is 19.1. The Balaban J connectivity index is 2.11. The zero-order chi connectivity index (χ0) is 14.3. The Morgan fingerprint density at radius 1 is 1.25 bits per heavy atom. The van der Waals surface area contributed by atoms with Gasteiger partial charge in [0.25, 0.3) is 5.91 Å².